The Labute approximate surface area is 136 Å². The normalized spacial score (nSPS) is 11.8. The number of benzene rings is 1. The first-order valence-electron chi connectivity index (χ1n) is 7.76. The average molecular weight is 317 g/mol. The van der Waals surface area contributed by atoms with Crippen LogP contribution in [-0.4, -0.2) is 29.4 Å². The molecule has 1 heterocycles. The number of rotatable bonds is 7. The van der Waals surface area contributed by atoms with Crippen molar-refractivity contribution < 1.29 is 14.3 Å². The molecule has 0 saturated heterocycles. The molecule has 124 valence electrons. The van der Waals surface area contributed by atoms with E-state index in [1.807, 2.05) is 11.6 Å². The molecule has 1 aromatic carbocycles. The quantitative estimate of drug-likeness (QED) is 0.848. The van der Waals surface area contributed by atoms with Crippen molar-refractivity contribution in [1.82, 2.24) is 9.78 Å². The summed E-state index contributed by atoms with van der Waals surface area (Å²) in [6.07, 6.45) is 2.61. The standard InChI is InChI=1S/C17H23N3O3/c1-5-12(3)20-16(9-10-18-20)19-17(21)13-7-8-14(22-4)15(11-13)23-6-2/h7-12H,5-6H2,1-4H3,(H,19,21). The molecule has 2 aromatic rings. The lowest BCUT2D eigenvalue weighted by Crippen LogP contribution is -2.17. The molecule has 0 saturated carbocycles. The minimum absolute atomic E-state index is 0.210. The van der Waals surface area contributed by atoms with Crippen LogP contribution in [0.5, 0.6) is 11.5 Å². The van der Waals surface area contributed by atoms with E-state index < -0.39 is 0 Å². The molecule has 1 N–H and O–H groups in total. The highest BCUT2D eigenvalue weighted by atomic mass is 16.5. The van der Waals surface area contributed by atoms with Crippen LogP contribution in [-0.2, 0) is 0 Å². The summed E-state index contributed by atoms with van der Waals surface area (Å²) >= 11 is 0. The first-order valence-corrected chi connectivity index (χ1v) is 7.76. The molecule has 0 bridgehead atoms. The molecule has 0 aliphatic heterocycles. The molecular weight excluding hydrogens is 294 g/mol. The Kier molecular flexibility index (Phi) is 5.62. The molecule has 6 nitrogen and oxygen atoms in total. The van der Waals surface area contributed by atoms with Crippen molar-refractivity contribution in [2.75, 3.05) is 19.0 Å². The van der Waals surface area contributed by atoms with Gasteiger partial charge in [0.05, 0.1) is 26.0 Å². The minimum Gasteiger partial charge on any atom is -0.493 e. The molecule has 23 heavy (non-hydrogen) atoms. The summed E-state index contributed by atoms with van der Waals surface area (Å²) in [7, 11) is 1.57. The predicted molar refractivity (Wildman–Crippen MR) is 89.3 cm³/mol. The van der Waals surface area contributed by atoms with Crippen LogP contribution in [0, 0.1) is 0 Å². The number of ether oxygens (including phenoxy) is 2. The van der Waals surface area contributed by atoms with Gasteiger partial charge in [-0.1, -0.05) is 6.92 Å². The lowest BCUT2D eigenvalue weighted by atomic mass is 10.2. The van der Waals surface area contributed by atoms with E-state index in [1.165, 1.54) is 0 Å². The van der Waals surface area contributed by atoms with Gasteiger partial charge in [-0.2, -0.15) is 5.10 Å². The number of nitrogens with zero attached hydrogens (tertiary/aromatic N) is 2. The van der Waals surface area contributed by atoms with Crippen LogP contribution in [0.4, 0.5) is 5.82 Å². The van der Waals surface area contributed by atoms with E-state index in [0.29, 0.717) is 29.5 Å². The Hall–Kier alpha value is -2.50. The molecule has 0 aliphatic rings. The second-order valence-electron chi connectivity index (χ2n) is 5.17. The number of aromatic nitrogens is 2. The van der Waals surface area contributed by atoms with Gasteiger partial charge in [-0.05, 0) is 38.5 Å². The van der Waals surface area contributed by atoms with Crippen molar-refractivity contribution in [2.24, 2.45) is 0 Å². The van der Waals surface area contributed by atoms with Gasteiger partial charge in [0.25, 0.3) is 5.91 Å². The Balaban J connectivity index is 2.21. The summed E-state index contributed by atoms with van der Waals surface area (Å²) in [4.78, 5) is 12.5. The molecule has 1 amide bonds. The van der Waals surface area contributed by atoms with E-state index in [4.69, 9.17) is 9.47 Å². The SMILES string of the molecule is CCOc1cc(C(=O)Nc2ccnn2C(C)CC)ccc1OC. The maximum Gasteiger partial charge on any atom is 0.256 e. The number of hydrogen-bond acceptors (Lipinski definition) is 4. The summed E-state index contributed by atoms with van der Waals surface area (Å²) < 4.78 is 12.6. The second-order valence-corrected chi connectivity index (χ2v) is 5.17. The van der Waals surface area contributed by atoms with E-state index in [9.17, 15) is 4.79 Å². The Morgan fingerprint density at radius 3 is 2.74 bits per heavy atom. The van der Waals surface area contributed by atoms with Gasteiger partial charge < -0.3 is 14.8 Å². The first-order chi connectivity index (χ1) is 11.1. The molecule has 2 rings (SSSR count). The Morgan fingerprint density at radius 1 is 1.30 bits per heavy atom. The van der Waals surface area contributed by atoms with Gasteiger partial charge in [0.15, 0.2) is 11.5 Å². The third kappa shape index (κ3) is 3.83. The van der Waals surface area contributed by atoms with E-state index in [2.05, 4.69) is 24.3 Å². The van der Waals surface area contributed by atoms with Gasteiger partial charge in [-0.15, -0.1) is 0 Å². The molecule has 1 aromatic heterocycles. The number of hydrogen-bond donors (Lipinski definition) is 1. The van der Waals surface area contributed by atoms with E-state index in [-0.39, 0.29) is 11.9 Å². The third-order valence-electron chi connectivity index (χ3n) is 3.65. The third-order valence-corrected chi connectivity index (χ3v) is 3.65. The van der Waals surface area contributed by atoms with Crippen molar-refractivity contribution in [3.63, 3.8) is 0 Å². The van der Waals surface area contributed by atoms with Crippen LogP contribution < -0.4 is 14.8 Å². The average Bonchev–Trinajstić information content (AvgIpc) is 3.02. The molecule has 1 atom stereocenters. The highest BCUT2D eigenvalue weighted by Gasteiger charge is 2.14. The fourth-order valence-electron chi connectivity index (χ4n) is 2.21. The molecule has 0 radical (unpaired) electrons. The summed E-state index contributed by atoms with van der Waals surface area (Å²) in [5, 5.41) is 7.16. The number of anilines is 1. The molecule has 1 unspecified atom stereocenters. The van der Waals surface area contributed by atoms with Crippen molar-refractivity contribution in [1.29, 1.82) is 0 Å². The summed E-state index contributed by atoms with van der Waals surface area (Å²) in [5.41, 5.74) is 0.506. The van der Waals surface area contributed by atoms with Gasteiger partial charge in [0.2, 0.25) is 0 Å². The van der Waals surface area contributed by atoms with E-state index >= 15 is 0 Å². The van der Waals surface area contributed by atoms with E-state index in [0.717, 1.165) is 6.42 Å². The maximum absolute atomic E-state index is 12.5. The summed E-state index contributed by atoms with van der Waals surface area (Å²) in [6, 6.07) is 7.13. The van der Waals surface area contributed by atoms with Crippen LogP contribution in [0.1, 0.15) is 43.6 Å². The fourth-order valence-corrected chi connectivity index (χ4v) is 2.21. The molecular formula is C17H23N3O3. The molecule has 6 heteroatoms. The van der Waals surface area contributed by atoms with Crippen LogP contribution in [0.15, 0.2) is 30.5 Å². The Morgan fingerprint density at radius 2 is 2.09 bits per heavy atom. The number of amides is 1. The van der Waals surface area contributed by atoms with Crippen LogP contribution in [0.25, 0.3) is 0 Å². The zero-order chi connectivity index (χ0) is 16.8. The highest BCUT2D eigenvalue weighted by Crippen LogP contribution is 2.28. The summed E-state index contributed by atoms with van der Waals surface area (Å²) in [6.45, 7) is 6.53. The second kappa shape index (κ2) is 7.67. The fraction of sp³-hybridized carbons (Fsp3) is 0.412. The number of methoxy groups -OCH3 is 1. The van der Waals surface area contributed by atoms with Gasteiger partial charge in [-0.3, -0.25) is 4.79 Å². The molecule has 0 spiro atoms. The highest BCUT2D eigenvalue weighted by molar-refractivity contribution is 6.04. The van der Waals surface area contributed by atoms with Crippen LogP contribution >= 0.6 is 0 Å². The predicted octanol–water partition coefficient (Wildman–Crippen LogP) is 3.51. The maximum atomic E-state index is 12.5. The minimum atomic E-state index is -0.210. The number of carbonyl (C=O) groups is 1. The van der Waals surface area contributed by atoms with E-state index in [1.54, 1.807) is 37.6 Å². The van der Waals surface area contributed by atoms with Gasteiger partial charge >= 0.3 is 0 Å². The largest absolute Gasteiger partial charge is 0.493 e. The zero-order valence-corrected chi connectivity index (χ0v) is 14.0. The van der Waals surface area contributed by atoms with Crippen LogP contribution in [0.2, 0.25) is 0 Å². The smallest absolute Gasteiger partial charge is 0.256 e. The lowest BCUT2D eigenvalue weighted by Gasteiger charge is -2.15. The molecule has 0 fully saturated rings. The Bertz CT molecular complexity index is 667. The topological polar surface area (TPSA) is 65.4 Å². The lowest BCUT2D eigenvalue weighted by molar-refractivity contribution is 0.102. The number of carbonyl (C=O) groups excluding carboxylic acids is 1. The summed E-state index contributed by atoms with van der Waals surface area (Å²) in [5.74, 6) is 1.63. The van der Waals surface area contributed by atoms with Crippen molar-refractivity contribution in [3.05, 3.63) is 36.0 Å². The first kappa shape index (κ1) is 16.9. The van der Waals surface area contributed by atoms with Crippen molar-refractivity contribution in [2.45, 2.75) is 33.2 Å². The van der Waals surface area contributed by atoms with Crippen molar-refractivity contribution in [3.8, 4) is 11.5 Å². The monoisotopic (exact) mass is 317 g/mol. The van der Waals surface area contributed by atoms with Gasteiger partial charge in [0, 0.05) is 11.6 Å². The zero-order valence-electron chi connectivity index (χ0n) is 14.0. The van der Waals surface area contributed by atoms with Gasteiger partial charge in [-0.25, -0.2) is 4.68 Å². The van der Waals surface area contributed by atoms with Gasteiger partial charge in [0.1, 0.15) is 5.82 Å². The number of nitrogens with one attached hydrogen (secondary N) is 1. The van der Waals surface area contributed by atoms with Crippen LogP contribution in [0.3, 0.4) is 0 Å². The van der Waals surface area contributed by atoms with Crippen molar-refractivity contribution >= 4 is 11.7 Å². The molecule has 0 aliphatic carbocycles.